The Morgan fingerprint density at radius 2 is 2.27 bits per heavy atom. The second-order valence-electron chi connectivity index (χ2n) is 3.02. The third kappa shape index (κ3) is 4.21. The van der Waals surface area contributed by atoms with E-state index >= 15 is 0 Å². The lowest BCUT2D eigenvalue weighted by Crippen LogP contribution is -2.04. The summed E-state index contributed by atoms with van der Waals surface area (Å²) >= 11 is 11.0. The Hall–Kier alpha value is 0.0700. The molecule has 0 amide bonds. The van der Waals surface area contributed by atoms with E-state index in [9.17, 15) is 4.39 Å². The van der Waals surface area contributed by atoms with Crippen LogP contribution in [0.25, 0.3) is 0 Å². The van der Waals surface area contributed by atoms with Gasteiger partial charge in [0.25, 0.3) is 0 Å². The van der Waals surface area contributed by atoms with Gasteiger partial charge in [-0.2, -0.15) is 11.8 Å². The molecule has 0 aliphatic heterocycles. The predicted octanol–water partition coefficient (Wildman–Crippen LogP) is 4.41. The molecule has 0 heterocycles. The van der Waals surface area contributed by atoms with Crippen LogP contribution in [0.3, 0.4) is 0 Å². The minimum absolute atomic E-state index is 0.332. The molecular formula is C10H12BrClFNS. The Labute approximate surface area is 107 Å². The molecule has 15 heavy (non-hydrogen) atoms. The van der Waals surface area contributed by atoms with E-state index in [2.05, 4.69) is 27.5 Å². The Morgan fingerprint density at radius 1 is 1.53 bits per heavy atom. The van der Waals surface area contributed by atoms with Crippen molar-refractivity contribution in [3.8, 4) is 0 Å². The number of rotatable bonds is 5. The maximum Gasteiger partial charge on any atom is 0.125 e. The van der Waals surface area contributed by atoms with Crippen LogP contribution in [0, 0.1) is 5.82 Å². The van der Waals surface area contributed by atoms with Gasteiger partial charge in [-0.05, 0) is 46.5 Å². The summed E-state index contributed by atoms with van der Waals surface area (Å²) in [6.07, 6.45) is 3.13. The highest BCUT2D eigenvalue weighted by Crippen LogP contribution is 2.31. The molecule has 0 spiro atoms. The SMILES string of the molecule is CSCCCNc1c(Cl)cc(F)cc1Br. The summed E-state index contributed by atoms with van der Waals surface area (Å²) in [5.41, 5.74) is 0.763. The monoisotopic (exact) mass is 311 g/mol. The van der Waals surface area contributed by atoms with E-state index in [0.29, 0.717) is 9.50 Å². The standard InChI is InChI=1S/C10H12BrClFNS/c1-15-4-2-3-14-10-8(11)5-7(13)6-9(10)12/h5-6,14H,2-4H2,1H3. The van der Waals surface area contributed by atoms with Crippen molar-refractivity contribution < 1.29 is 4.39 Å². The molecule has 5 heteroatoms. The molecule has 0 bridgehead atoms. The van der Waals surface area contributed by atoms with Crippen molar-refractivity contribution in [1.82, 2.24) is 0 Å². The first kappa shape index (κ1) is 13.1. The predicted molar refractivity (Wildman–Crippen MR) is 70.6 cm³/mol. The number of hydrogen-bond acceptors (Lipinski definition) is 2. The molecule has 0 aliphatic rings. The summed E-state index contributed by atoms with van der Waals surface area (Å²) in [5.74, 6) is 0.769. The average Bonchev–Trinajstić information content (AvgIpc) is 2.15. The third-order valence-corrected chi connectivity index (χ3v) is 3.45. The summed E-state index contributed by atoms with van der Waals surface area (Å²) < 4.78 is 13.6. The first-order chi connectivity index (χ1) is 7.15. The van der Waals surface area contributed by atoms with Gasteiger partial charge >= 0.3 is 0 Å². The van der Waals surface area contributed by atoms with Crippen molar-refractivity contribution in [2.45, 2.75) is 6.42 Å². The molecule has 1 nitrogen and oxygen atoms in total. The van der Waals surface area contributed by atoms with E-state index in [4.69, 9.17) is 11.6 Å². The van der Waals surface area contributed by atoms with E-state index in [1.807, 2.05) is 0 Å². The van der Waals surface area contributed by atoms with Gasteiger partial charge in [-0.25, -0.2) is 4.39 Å². The van der Waals surface area contributed by atoms with Crippen LogP contribution in [0.2, 0.25) is 5.02 Å². The molecule has 0 aromatic heterocycles. The quantitative estimate of drug-likeness (QED) is 0.808. The average molecular weight is 313 g/mol. The fourth-order valence-corrected chi connectivity index (χ4v) is 2.53. The molecular weight excluding hydrogens is 301 g/mol. The Morgan fingerprint density at radius 3 is 2.87 bits per heavy atom. The normalized spacial score (nSPS) is 10.4. The lowest BCUT2D eigenvalue weighted by Gasteiger charge is -2.10. The minimum atomic E-state index is -0.332. The third-order valence-electron chi connectivity index (χ3n) is 1.83. The number of anilines is 1. The highest BCUT2D eigenvalue weighted by molar-refractivity contribution is 9.10. The second-order valence-corrected chi connectivity index (χ2v) is 5.26. The molecule has 0 saturated carbocycles. The zero-order valence-corrected chi connectivity index (χ0v) is 11.5. The van der Waals surface area contributed by atoms with Gasteiger partial charge in [-0.15, -0.1) is 0 Å². The minimum Gasteiger partial charge on any atom is -0.383 e. The van der Waals surface area contributed by atoms with Gasteiger partial charge in [0.1, 0.15) is 5.82 Å². The highest BCUT2D eigenvalue weighted by atomic mass is 79.9. The van der Waals surface area contributed by atoms with E-state index in [1.165, 1.54) is 12.1 Å². The van der Waals surface area contributed by atoms with Crippen LogP contribution < -0.4 is 5.32 Å². The number of halogens is 3. The molecule has 0 aliphatic carbocycles. The second kappa shape index (κ2) is 6.61. The van der Waals surface area contributed by atoms with E-state index in [-0.39, 0.29) is 5.82 Å². The van der Waals surface area contributed by atoms with Crippen LogP contribution in [0.1, 0.15) is 6.42 Å². The topological polar surface area (TPSA) is 12.0 Å². The van der Waals surface area contributed by atoms with Gasteiger partial charge in [0.05, 0.1) is 10.7 Å². The van der Waals surface area contributed by atoms with Crippen molar-refractivity contribution in [2.24, 2.45) is 0 Å². The van der Waals surface area contributed by atoms with Crippen LogP contribution in [0.5, 0.6) is 0 Å². The zero-order chi connectivity index (χ0) is 11.3. The zero-order valence-electron chi connectivity index (χ0n) is 8.32. The molecule has 0 unspecified atom stereocenters. The maximum atomic E-state index is 12.9. The summed E-state index contributed by atoms with van der Waals surface area (Å²) in [6, 6.07) is 2.71. The van der Waals surface area contributed by atoms with Gasteiger partial charge in [0.15, 0.2) is 0 Å². The molecule has 1 N–H and O–H groups in total. The molecule has 1 rings (SSSR count). The molecule has 1 aromatic rings. The Kier molecular flexibility index (Phi) is 5.79. The van der Waals surface area contributed by atoms with Gasteiger partial charge in [-0.1, -0.05) is 11.6 Å². The molecule has 0 radical (unpaired) electrons. The lowest BCUT2D eigenvalue weighted by atomic mass is 10.3. The summed E-state index contributed by atoms with van der Waals surface area (Å²) in [6.45, 7) is 0.838. The van der Waals surface area contributed by atoms with Crippen LogP contribution >= 0.6 is 39.3 Å². The fraction of sp³-hybridized carbons (Fsp3) is 0.400. The summed E-state index contributed by atoms with van der Waals surface area (Å²) in [4.78, 5) is 0. The van der Waals surface area contributed by atoms with Gasteiger partial charge in [-0.3, -0.25) is 0 Å². The largest absolute Gasteiger partial charge is 0.383 e. The van der Waals surface area contributed by atoms with Crippen LogP contribution in [0.4, 0.5) is 10.1 Å². The number of thioether (sulfide) groups is 1. The van der Waals surface area contributed by atoms with E-state index in [1.54, 1.807) is 11.8 Å². The van der Waals surface area contributed by atoms with Crippen LogP contribution in [-0.4, -0.2) is 18.6 Å². The Bertz CT molecular complexity index is 312. The van der Waals surface area contributed by atoms with Gasteiger partial charge < -0.3 is 5.32 Å². The van der Waals surface area contributed by atoms with Crippen LogP contribution in [-0.2, 0) is 0 Å². The van der Waals surface area contributed by atoms with Crippen molar-refractivity contribution in [1.29, 1.82) is 0 Å². The molecule has 0 atom stereocenters. The molecule has 0 saturated heterocycles. The Balaban J connectivity index is 2.60. The first-order valence-electron chi connectivity index (χ1n) is 4.52. The van der Waals surface area contributed by atoms with Crippen molar-refractivity contribution >= 4 is 45.0 Å². The van der Waals surface area contributed by atoms with Crippen LogP contribution in [0.15, 0.2) is 16.6 Å². The smallest absolute Gasteiger partial charge is 0.125 e. The lowest BCUT2D eigenvalue weighted by molar-refractivity contribution is 0.627. The number of benzene rings is 1. The van der Waals surface area contributed by atoms with Crippen molar-refractivity contribution in [2.75, 3.05) is 23.9 Å². The fourth-order valence-electron chi connectivity index (χ4n) is 1.14. The van der Waals surface area contributed by atoms with Gasteiger partial charge in [0, 0.05) is 11.0 Å². The summed E-state index contributed by atoms with van der Waals surface area (Å²) in [5, 5.41) is 3.59. The summed E-state index contributed by atoms with van der Waals surface area (Å²) in [7, 11) is 0. The molecule has 0 fully saturated rings. The molecule has 84 valence electrons. The number of hydrogen-bond donors (Lipinski definition) is 1. The van der Waals surface area contributed by atoms with Crippen molar-refractivity contribution in [3.05, 3.63) is 27.4 Å². The number of nitrogens with one attached hydrogen (secondary N) is 1. The van der Waals surface area contributed by atoms with E-state index in [0.717, 1.165) is 24.4 Å². The first-order valence-corrected chi connectivity index (χ1v) is 7.09. The van der Waals surface area contributed by atoms with Crippen molar-refractivity contribution in [3.63, 3.8) is 0 Å². The molecule has 1 aromatic carbocycles. The van der Waals surface area contributed by atoms with Gasteiger partial charge in [0.2, 0.25) is 0 Å². The maximum absolute atomic E-state index is 12.9. The highest BCUT2D eigenvalue weighted by Gasteiger charge is 2.06. The van der Waals surface area contributed by atoms with E-state index < -0.39 is 0 Å².